The van der Waals surface area contributed by atoms with Crippen LogP contribution in [0.3, 0.4) is 0 Å². The van der Waals surface area contributed by atoms with Gasteiger partial charge in [-0.05, 0) is 6.07 Å². The summed E-state index contributed by atoms with van der Waals surface area (Å²) in [4.78, 5) is 4.02. The van der Waals surface area contributed by atoms with Gasteiger partial charge in [0.1, 0.15) is 6.07 Å². The van der Waals surface area contributed by atoms with Gasteiger partial charge in [0.05, 0.1) is 17.9 Å². The molecule has 1 heterocycles. The van der Waals surface area contributed by atoms with Gasteiger partial charge < -0.3 is 15.8 Å². The first kappa shape index (κ1) is 10.3. The normalized spacial score (nSPS) is 9.43. The lowest BCUT2D eigenvalue weighted by atomic mass is 10.2. The number of nitrogen functional groups attached to an aromatic ring is 1. The number of hydrogen-bond acceptors (Lipinski definition) is 5. The molecule has 0 spiro atoms. The van der Waals surface area contributed by atoms with Crippen LogP contribution in [0.5, 0.6) is 0 Å². The number of anilines is 2. The molecule has 0 amide bonds. The van der Waals surface area contributed by atoms with Gasteiger partial charge in [-0.3, -0.25) is 0 Å². The van der Waals surface area contributed by atoms with Gasteiger partial charge in [-0.1, -0.05) is 0 Å². The highest BCUT2D eigenvalue weighted by molar-refractivity contribution is 5.68. The summed E-state index contributed by atoms with van der Waals surface area (Å²) in [7, 11) is 1.62. The molecule has 1 aromatic heterocycles. The molecule has 0 atom stereocenters. The van der Waals surface area contributed by atoms with E-state index in [9.17, 15) is 0 Å². The van der Waals surface area contributed by atoms with E-state index in [4.69, 9.17) is 15.7 Å². The molecule has 5 nitrogen and oxygen atoms in total. The number of aromatic nitrogens is 1. The minimum atomic E-state index is 0.381. The Morgan fingerprint density at radius 3 is 3.14 bits per heavy atom. The summed E-state index contributed by atoms with van der Waals surface area (Å²) < 4.78 is 4.86. The number of nitrogens with one attached hydrogen (secondary N) is 1. The molecule has 0 saturated carbocycles. The molecule has 0 aliphatic rings. The quantitative estimate of drug-likeness (QED) is 0.682. The Bertz CT molecular complexity index is 345. The standard InChI is InChI=1S/C9H12N4O/c1-14-5-4-13-9-8(11)7(6-10)2-3-12-9/h2-3H,4-5,11H2,1H3,(H,12,13). The van der Waals surface area contributed by atoms with E-state index in [1.165, 1.54) is 0 Å². The molecule has 0 radical (unpaired) electrons. The zero-order valence-corrected chi connectivity index (χ0v) is 7.95. The smallest absolute Gasteiger partial charge is 0.150 e. The van der Waals surface area contributed by atoms with Crippen molar-refractivity contribution in [1.29, 1.82) is 5.26 Å². The van der Waals surface area contributed by atoms with Gasteiger partial charge in [-0.2, -0.15) is 5.26 Å². The molecule has 74 valence electrons. The lowest BCUT2D eigenvalue weighted by Gasteiger charge is -2.07. The molecule has 5 heteroatoms. The number of pyridine rings is 1. The summed E-state index contributed by atoms with van der Waals surface area (Å²) >= 11 is 0. The van der Waals surface area contributed by atoms with Gasteiger partial charge in [0.15, 0.2) is 5.82 Å². The van der Waals surface area contributed by atoms with E-state index in [0.29, 0.717) is 30.2 Å². The van der Waals surface area contributed by atoms with Crippen LogP contribution in [0, 0.1) is 11.3 Å². The Morgan fingerprint density at radius 1 is 1.71 bits per heavy atom. The minimum absolute atomic E-state index is 0.381. The second kappa shape index (κ2) is 5.04. The van der Waals surface area contributed by atoms with Crippen molar-refractivity contribution in [1.82, 2.24) is 4.98 Å². The van der Waals surface area contributed by atoms with Crippen LogP contribution in [0.25, 0.3) is 0 Å². The zero-order chi connectivity index (χ0) is 10.4. The first-order valence-electron chi connectivity index (χ1n) is 4.17. The molecule has 0 bridgehead atoms. The highest BCUT2D eigenvalue weighted by atomic mass is 16.5. The monoisotopic (exact) mass is 192 g/mol. The third kappa shape index (κ3) is 2.34. The van der Waals surface area contributed by atoms with Crippen molar-refractivity contribution in [2.45, 2.75) is 0 Å². The Hall–Kier alpha value is -1.80. The van der Waals surface area contributed by atoms with Crippen LogP contribution >= 0.6 is 0 Å². The molecule has 0 fully saturated rings. The third-order valence-corrected chi connectivity index (χ3v) is 1.71. The molecule has 0 unspecified atom stereocenters. The predicted octanol–water partition coefficient (Wildman–Crippen LogP) is 0.594. The van der Waals surface area contributed by atoms with Gasteiger partial charge in [-0.25, -0.2) is 4.98 Å². The Balaban J connectivity index is 2.73. The average molecular weight is 192 g/mol. The third-order valence-electron chi connectivity index (χ3n) is 1.71. The van der Waals surface area contributed by atoms with Crippen molar-refractivity contribution in [2.24, 2.45) is 0 Å². The van der Waals surface area contributed by atoms with Gasteiger partial charge in [-0.15, -0.1) is 0 Å². The molecule has 0 aliphatic heterocycles. The van der Waals surface area contributed by atoms with Crippen molar-refractivity contribution >= 4 is 11.5 Å². The van der Waals surface area contributed by atoms with E-state index in [2.05, 4.69) is 10.3 Å². The Kier molecular flexibility index (Phi) is 3.70. The molecule has 0 aromatic carbocycles. The maximum absolute atomic E-state index is 8.70. The lowest BCUT2D eigenvalue weighted by molar-refractivity contribution is 0.210. The van der Waals surface area contributed by atoms with Crippen molar-refractivity contribution in [3.05, 3.63) is 17.8 Å². The number of hydrogen-bond donors (Lipinski definition) is 2. The van der Waals surface area contributed by atoms with Gasteiger partial charge in [0.25, 0.3) is 0 Å². The fraction of sp³-hybridized carbons (Fsp3) is 0.333. The van der Waals surface area contributed by atoms with E-state index in [1.807, 2.05) is 6.07 Å². The molecule has 1 aromatic rings. The number of nitriles is 1. The van der Waals surface area contributed by atoms with E-state index >= 15 is 0 Å². The van der Waals surface area contributed by atoms with E-state index < -0.39 is 0 Å². The topological polar surface area (TPSA) is 84.0 Å². The number of rotatable bonds is 4. The fourth-order valence-corrected chi connectivity index (χ4v) is 0.983. The van der Waals surface area contributed by atoms with Crippen LogP contribution in [0.4, 0.5) is 11.5 Å². The molecule has 14 heavy (non-hydrogen) atoms. The second-order valence-electron chi connectivity index (χ2n) is 2.65. The maximum atomic E-state index is 8.70. The van der Waals surface area contributed by atoms with Crippen molar-refractivity contribution in [3.8, 4) is 6.07 Å². The maximum Gasteiger partial charge on any atom is 0.150 e. The second-order valence-corrected chi connectivity index (χ2v) is 2.65. The summed E-state index contributed by atoms with van der Waals surface area (Å²) in [6.45, 7) is 1.18. The Morgan fingerprint density at radius 2 is 2.50 bits per heavy atom. The zero-order valence-electron chi connectivity index (χ0n) is 7.95. The first-order valence-corrected chi connectivity index (χ1v) is 4.17. The van der Waals surface area contributed by atoms with Gasteiger partial charge >= 0.3 is 0 Å². The molecule has 0 aliphatic carbocycles. The summed E-state index contributed by atoms with van der Waals surface area (Å²) in [5.74, 6) is 0.529. The van der Waals surface area contributed by atoms with Crippen LogP contribution in [-0.4, -0.2) is 25.2 Å². The lowest BCUT2D eigenvalue weighted by Crippen LogP contribution is -2.11. The van der Waals surface area contributed by atoms with Crippen LogP contribution < -0.4 is 11.1 Å². The van der Waals surface area contributed by atoms with Crippen LogP contribution in [0.2, 0.25) is 0 Å². The van der Waals surface area contributed by atoms with Gasteiger partial charge in [0, 0.05) is 19.9 Å². The van der Waals surface area contributed by atoms with Crippen LogP contribution in [-0.2, 0) is 4.74 Å². The van der Waals surface area contributed by atoms with Gasteiger partial charge in [0.2, 0.25) is 0 Å². The summed E-state index contributed by atoms with van der Waals surface area (Å²) in [5.41, 5.74) is 6.50. The van der Waals surface area contributed by atoms with Crippen LogP contribution in [0.1, 0.15) is 5.56 Å². The molecule has 0 saturated heterocycles. The fourth-order valence-electron chi connectivity index (χ4n) is 0.983. The summed E-state index contributed by atoms with van der Waals surface area (Å²) in [6, 6.07) is 3.57. The first-order chi connectivity index (χ1) is 6.79. The highest BCUT2D eigenvalue weighted by Gasteiger charge is 2.04. The molecule has 1 rings (SSSR count). The summed E-state index contributed by atoms with van der Waals surface area (Å²) in [6.07, 6.45) is 1.55. The predicted molar refractivity (Wildman–Crippen MR) is 53.7 cm³/mol. The minimum Gasteiger partial charge on any atom is -0.395 e. The van der Waals surface area contributed by atoms with Crippen molar-refractivity contribution in [2.75, 3.05) is 31.3 Å². The average Bonchev–Trinajstić information content (AvgIpc) is 2.21. The summed E-state index contributed by atoms with van der Waals surface area (Å²) in [5, 5.41) is 11.7. The Labute approximate surface area is 82.5 Å². The molecule has 3 N–H and O–H groups in total. The number of ether oxygens (including phenoxy) is 1. The number of nitrogens with two attached hydrogens (primary N) is 1. The number of methoxy groups -OCH3 is 1. The van der Waals surface area contributed by atoms with Crippen molar-refractivity contribution < 1.29 is 4.74 Å². The van der Waals surface area contributed by atoms with Crippen LogP contribution in [0.15, 0.2) is 12.3 Å². The SMILES string of the molecule is COCCNc1nccc(C#N)c1N. The van der Waals surface area contributed by atoms with E-state index in [1.54, 1.807) is 19.4 Å². The van der Waals surface area contributed by atoms with Crippen molar-refractivity contribution in [3.63, 3.8) is 0 Å². The molecular formula is C9H12N4O. The molecular weight excluding hydrogens is 180 g/mol. The number of nitrogens with zero attached hydrogens (tertiary/aromatic N) is 2. The highest BCUT2D eigenvalue weighted by Crippen LogP contribution is 2.18. The van der Waals surface area contributed by atoms with E-state index in [0.717, 1.165) is 0 Å². The largest absolute Gasteiger partial charge is 0.395 e. The van der Waals surface area contributed by atoms with E-state index in [-0.39, 0.29) is 0 Å².